The van der Waals surface area contributed by atoms with E-state index in [0.717, 1.165) is 24.2 Å². The second-order valence-corrected chi connectivity index (χ2v) is 6.44. The van der Waals surface area contributed by atoms with Gasteiger partial charge in [-0.1, -0.05) is 0 Å². The van der Waals surface area contributed by atoms with Crippen LogP contribution >= 0.6 is 11.3 Å². The first-order valence-electron chi connectivity index (χ1n) is 7.43. The molecule has 0 unspecified atom stereocenters. The Balaban J connectivity index is 1.49. The van der Waals surface area contributed by atoms with E-state index in [2.05, 4.69) is 25.8 Å². The van der Waals surface area contributed by atoms with Gasteiger partial charge in [0.05, 0.1) is 11.4 Å². The number of tetrazole rings is 1. The van der Waals surface area contributed by atoms with Crippen molar-refractivity contribution in [2.24, 2.45) is 0 Å². The summed E-state index contributed by atoms with van der Waals surface area (Å²) in [6.45, 7) is 0. The number of nitrogens with one attached hydrogen (secondary N) is 1. The van der Waals surface area contributed by atoms with Gasteiger partial charge in [-0.2, -0.15) is 0 Å². The molecule has 1 aliphatic rings. The Morgan fingerprint density at radius 3 is 2.74 bits per heavy atom. The molecule has 0 spiro atoms. The molecule has 3 aromatic rings. The minimum atomic E-state index is -0.153. The standard InChI is InChI=1S/C15H14N6OS/c22-14(18-15-17-12-3-1-2-4-13(12)23-15)10-5-7-11(8-6-10)21-9-16-19-20-21/h5-9H,1-4H2,(H,17,18,22). The number of benzene rings is 1. The molecule has 4 rings (SSSR count). The third-order valence-corrected chi connectivity index (χ3v) is 4.88. The van der Waals surface area contributed by atoms with Crippen LogP contribution in [0.1, 0.15) is 33.8 Å². The highest BCUT2D eigenvalue weighted by atomic mass is 32.1. The maximum atomic E-state index is 12.3. The SMILES string of the molecule is O=C(Nc1nc2c(s1)CCCC2)c1ccc(-n2cnnn2)cc1. The highest BCUT2D eigenvalue weighted by molar-refractivity contribution is 7.15. The molecular weight excluding hydrogens is 312 g/mol. The van der Waals surface area contributed by atoms with E-state index in [1.54, 1.807) is 35.6 Å². The van der Waals surface area contributed by atoms with Crippen LogP contribution in [-0.4, -0.2) is 31.1 Å². The van der Waals surface area contributed by atoms with Crippen LogP contribution < -0.4 is 5.32 Å². The molecule has 0 radical (unpaired) electrons. The first-order valence-corrected chi connectivity index (χ1v) is 8.24. The molecule has 8 heteroatoms. The number of thiazole rings is 1. The number of carbonyl (C=O) groups excluding carboxylic acids is 1. The number of rotatable bonds is 3. The van der Waals surface area contributed by atoms with E-state index in [1.165, 1.54) is 28.7 Å². The fraction of sp³-hybridized carbons (Fsp3) is 0.267. The third-order valence-electron chi connectivity index (χ3n) is 3.81. The van der Waals surface area contributed by atoms with Crippen LogP contribution in [0.3, 0.4) is 0 Å². The summed E-state index contributed by atoms with van der Waals surface area (Å²) in [6, 6.07) is 7.11. The average molecular weight is 326 g/mol. The Kier molecular flexibility index (Phi) is 3.58. The lowest BCUT2D eigenvalue weighted by atomic mass is 10.0. The van der Waals surface area contributed by atoms with Gasteiger partial charge in [0.15, 0.2) is 5.13 Å². The number of anilines is 1. The zero-order chi connectivity index (χ0) is 15.6. The molecule has 116 valence electrons. The number of fused-ring (bicyclic) bond motifs is 1. The van der Waals surface area contributed by atoms with E-state index >= 15 is 0 Å². The van der Waals surface area contributed by atoms with Crippen molar-refractivity contribution >= 4 is 22.4 Å². The first kappa shape index (κ1) is 14.0. The number of amides is 1. The first-order chi connectivity index (χ1) is 11.3. The number of hydrogen-bond donors (Lipinski definition) is 1. The highest BCUT2D eigenvalue weighted by Gasteiger charge is 2.16. The van der Waals surface area contributed by atoms with Crippen LogP contribution in [-0.2, 0) is 12.8 Å². The summed E-state index contributed by atoms with van der Waals surface area (Å²) >= 11 is 1.59. The molecule has 7 nitrogen and oxygen atoms in total. The number of hydrogen-bond acceptors (Lipinski definition) is 6. The second kappa shape index (κ2) is 5.88. The molecule has 23 heavy (non-hydrogen) atoms. The van der Waals surface area contributed by atoms with Crippen molar-refractivity contribution in [3.05, 3.63) is 46.7 Å². The van der Waals surface area contributed by atoms with Crippen LogP contribution in [0.4, 0.5) is 5.13 Å². The van der Waals surface area contributed by atoms with E-state index in [9.17, 15) is 4.79 Å². The monoisotopic (exact) mass is 326 g/mol. The van der Waals surface area contributed by atoms with Gasteiger partial charge in [-0.15, -0.1) is 16.4 Å². The second-order valence-electron chi connectivity index (χ2n) is 5.35. The van der Waals surface area contributed by atoms with Crippen LogP contribution in [0.5, 0.6) is 0 Å². The quantitative estimate of drug-likeness (QED) is 0.798. The summed E-state index contributed by atoms with van der Waals surface area (Å²) in [5.41, 5.74) is 2.52. The summed E-state index contributed by atoms with van der Waals surface area (Å²) in [6.07, 6.45) is 5.99. The molecule has 1 N–H and O–H groups in total. The fourth-order valence-electron chi connectivity index (χ4n) is 2.62. The van der Waals surface area contributed by atoms with Crippen molar-refractivity contribution in [3.63, 3.8) is 0 Å². The van der Waals surface area contributed by atoms with E-state index in [-0.39, 0.29) is 5.91 Å². The maximum absolute atomic E-state index is 12.3. The van der Waals surface area contributed by atoms with Gasteiger partial charge >= 0.3 is 0 Å². The van der Waals surface area contributed by atoms with Gasteiger partial charge in [0.1, 0.15) is 6.33 Å². The third kappa shape index (κ3) is 2.85. The molecule has 1 aliphatic carbocycles. The smallest absolute Gasteiger partial charge is 0.257 e. The molecule has 1 amide bonds. The maximum Gasteiger partial charge on any atom is 0.257 e. The molecule has 0 saturated carbocycles. The predicted molar refractivity (Wildman–Crippen MR) is 85.9 cm³/mol. The van der Waals surface area contributed by atoms with Gasteiger partial charge in [-0.05, 0) is 60.4 Å². The fourth-order valence-corrected chi connectivity index (χ4v) is 3.66. The Hall–Kier alpha value is -2.61. The minimum absolute atomic E-state index is 0.153. The molecular formula is C15H14N6OS. The van der Waals surface area contributed by atoms with Crippen molar-refractivity contribution in [2.45, 2.75) is 25.7 Å². The van der Waals surface area contributed by atoms with Crippen LogP contribution in [0.2, 0.25) is 0 Å². The Morgan fingerprint density at radius 2 is 2.00 bits per heavy atom. The summed E-state index contributed by atoms with van der Waals surface area (Å²) in [4.78, 5) is 18.2. The van der Waals surface area contributed by atoms with E-state index in [1.807, 2.05) is 0 Å². The molecule has 0 atom stereocenters. The van der Waals surface area contributed by atoms with Crippen molar-refractivity contribution in [1.29, 1.82) is 0 Å². The van der Waals surface area contributed by atoms with Crippen LogP contribution in [0.25, 0.3) is 5.69 Å². The largest absolute Gasteiger partial charge is 0.298 e. The predicted octanol–water partition coefficient (Wildman–Crippen LogP) is 2.25. The van der Waals surface area contributed by atoms with Gasteiger partial charge in [0.2, 0.25) is 0 Å². The molecule has 0 saturated heterocycles. The Morgan fingerprint density at radius 1 is 1.17 bits per heavy atom. The van der Waals surface area contributed by atoms with E-state index in [4.69, 9.17) is 0 Å². The highest BCUT2D eigenvalue weighted by Crippen LogP contribution is 2.29. The van der Waals surface area contributed by atoms with Crippen LogP contribution in [0.15, 0.2) is 30.6 Å². The molecule has 0 bridgehead atoms. The van der Waals surface area contributed by atoms with Crippen molar-refractivity contribution in [1.82, 2.24) is 25.2 Å². The molecule has 0 fully saturated rings. The van der Waals surface area contributed by atoms with Gasteiger partial charge in [-0.25, -0.2) is 9.67 Å². The van der Waals surface area contributed by atoms with Gasteiger partial charge in [0, 0.05) is 10.4 Å². The van der Waals surface area contributed by atoms with Crippen molar-refractivity contribution in [3.8, 4) is 5.69 Å². The number of carbonyl (C=O) groups is 1. The molecule has 2 aromatic heterocycles. The van der Waals surface area contributed by atoms with Crippen LogP contribution in [0, 0.1) is 0 Å². The summed E-state index contributed by atoms with van der Waals surface area (Å²) in [5.74, 6) is -0.153. The van der Waals surface area contributed by atoms with Crippen molar-refractivity contribution in [2.75, 3.05) is 5.32 Å². The zero-order valence-electron chi connectivity index (χ0n) is 12.3. The van der Waals surface area contributed by atoms with Gasteiger partial charge in [0.25, 0.3) is 5.91 Å². The van der Waals surface area contributed by atoms with Gasteiger partial charge < -0.3 is 0 Å². The van der Waals surface area contributed by atoms with E-state index in [0.29, 0.717) is 10.7 Å². The number of aryl methyl sites for hydroxylation is 2. The Bertz CT molecular complexity index is 801. The number of aromatic nitrogens is 5. The number of nitrogens with zero attached hydrogens (tertiary/aromatic N) is 5. The minimum Gasteiger partial charge on any atom is -0.298 e. The normalized spacial score (nSPS) is 13.6. The average Bonchev–Trinajstić information content (AvgIpc) is 3.24. The van der Waals surface area contributed by atoms with E-state index < -0.39 is 0 Å². The topological polar surface area (TPSA) is 85.6 Å². The van der Waals surface area contributed by atoms with Crippen molar-refractivity contribution < 1.29 is 4.79 Å². The lowest BCUT2D eigenvalue weighted by Crippen LogP contribution is -2.12. The molecule has 2 heterocycles. The lowest BCUT2D eigenvalue weighted by Gasteiger charge is -2.06. The summed E-state index contributed by atoms with van der Waals surface area (Å²) in [5, 5.41) is 14.6. The molecule has 0 aliphatic heterocycles. The summed E-state index contributed by atoms with van der Waals surface area (Å²) in [7, 11) is 0. The lowest BCUT2D eigenvalue weighted by molar-refractivity contribution is 0.102. The van der Waals surface area contributed by atoms with Gasteiger partial charge in [-0.3, -0.25) is 10.1 Å². The zero-order valence-corrected chi connectivity index (χ0v) is 13.1. The summed E-state index contributed by atoms with van der Waals surface area (Å²) < 4.78 is 1.54. The Labute approximate surface area is 136 Å². The molecule has 1 aromatic carbocycles.